The van der Waals surface area contributed by atoms with E-state index in [9.17, 15) is 4.79 Å². The number of aromatic nitrogens is 2. The summed E-state index contributed by atoms with van der Waals surface area (Å²) < 4.78 is 1.39. The topological polar surface area (TPSA) is 59.0 Å². The number of nitrogens with zero attached hydrogens (tertiary/aromatic N) is 2. The van der Waals surface area contributed by atoms with Crippen molar-refractivity contribution in [2.75, 3.05) is 25.0 Å². The Labute approximate surface area is 113 Å². The van der Waals surface area contributed by atoms with Gasteiger partial charge in [0.25, 0.3) is 5.56 Å². The van der Waals surface area contributed by atoms with E-state index >= 15 is 0 Å². The van der Waals surface area contributed by atoms with E-state index in [0.717, 1.165) is 32.5 Å². The van der Waals surface area contributed by atoms with Crippen LogP contribution in [0.3, 0.4) is 0 Å². The predicted octanol–water partition coefficient (Wildman–Crippen LogP) is 1.72. The summed E-state index contributed by atoms with van der Waals surface area (Å²) in [4.78, 5) is 11.8. The first kappa shape index (κ1) is 15.0. The van der Waals surface area contributed by atoms with Gasteiger partial charge >= 0.3 is 0 Å². The third-order valence-corrected chi connectivity index (χ3v) is 2.83. The molecule has 1 aromatic rings. The van der Waals surface area contributed by atoms with Crippen molar-refractivity contribution < 1.29 is 0 Å². The molecule has 0 spiro atoms. The molecule has 1 aromatic heterocycles. The molecule has 18 heavy (non-hydrogen) atoms. The van der Waals surface area contributed by atoms with Crippen molar-refractivity contribution in [2.45, 2.75) is 33.2 Å². The molecule has 1 heterocycles. The fourth-order valence-corrected chi connectivity index (χ4v) is 1.76. The molecule has 0 radical (unpaired) electrons. The van der Waals surface area contributed by atoms with Crippen LogP contribution >= 0.6 is 11.6 Å². The van der Waals surface area contributed by atoms with Gasteiger partial charge in [0.05, 0.1) is 11.9 Å². The highest BCUT2D eigenvalue weighted by Crippen LogP contribution is 2.14. The molecule has 2 N–H and O–H groups in total. The van der Waals surface area contributed by atoms with E-state index in [1.807, 2.05) is 6.92 Å². The molecular weight excluding hydrogens is 252 g/mol. The number of halogens is 1. The van der Waals surface area contributed by atoms with Crippen molar-refractivity contribution in [3.8, 4) is 0 Å². The lowest BCUT2D eigenvalue weighted by molar-refractivity contribution is 0.568. The van der Waals surface area contributed by atoms with Gasteiger partial charge in [0.1, 0.15) is 5.02 Å². The molecule has 0 atom stereocenters. The van der Waals surface area contributed by atoms with Crippen LogP contribution in [0.25, 0.3) is 0 Å². The minimum absolute atomic E-state index is 0.217. The molecule has 0 bridgehead atoms. The van der Waals surface area contributed by atoms with Gasteiger partial charge in [-0.3, -0.25) is 4.79 Å². The molecule has 0 aromatic carbocycles. The summed E-state index contributed by atoms with van der Waals surface area (Å²) in [5.41, 5.74) is 0.373. The van der Waals surface area contributed by atoms with E-state index in [2.05, 4.69) is 22.7 Å². The fraction of sp³-hybridized carbons (Fsp3) is 0.667. The van der Waals surface area contributed by atoms with Crippen LogP contribution in [-0.4, -0.2) is 29.4 Å². The van der Waals surface area contributed by atoms with Crippen molar-refractivity contribution in [1.29, 1.82) is 0 Å². The second-order valence-corrected chi connectivity index (χ2v) is 4.46. The highest BCUT2D eigenvalue weighted by atomic mass is 35.5. The maximum atomic E-state index is 11.8. The van der Waals surface area contributed by atoms with E-state index in [1.165, 1.54) is 4.68 Å². The summed E-state index contributed by atoms with van der Waals surface area (Å²) in [5.74, 6) is 0. The van der Waals surface area contributed by atoms with Gasteiger partial charge in [-0.25, -0.2) is 4.68 Å². The largest absolute Gasteiger partial charge is 0.381 e. The second kappa shape index (κ2) is 8.11. The SMILES string of the molecule is CCCNCCNc1cnn(CCC)c(=O)c1Cl. The lowest BCUT2D eigenvalue weighted by Crippen LogP contribution is -2.26. The summed E-state index contributed by atoms with van der Waals surface area (Å²) in [7, 11) is 0. The maximum Gasteiger partial charge on any atom is 0.287 e. The molecular formula is C12H21ClN4O. The summed E-state index contributed by atoms with van der Waals surface area (Å²) in [6.07, 6.45) is 3.57. The van der Waals surface area contributed by atoms with Crippen LogP contribution in [0.2, 0.25) is 5.02 Å². The quantitative estimate of drug-likeness (QED) is 0.708. The van der Waals surface area contributed by atoms with Crippen LogP contribution in [0.5, 0.6) is 0 Å². The Morgan fingerprint density at radius 1 is 1.28 bits per heavy atom. The average molecular weight is 273 g/mol. The van der Waals surface area contributed by atoms with E-state index in [4.69, 9.17) is 11.6 Å². The van der Waals surface area contributed by atoms with Gasteiger partial charge < -0.3 is 10.6 Å². The minimum atomic E-state index is -0.231. The van der Waals surface area contributed by atoms with Gasteiger partial charge in [-0.15, -0.1) is 0 Å². The van der Waals surface area contributed by atoms with Crippen LogP contribution in [0.1, 0.15) is 26.7 Å². The summed E-state index contributed by atoms with van der Waals surface area (Å²) >= 11 is 6.02. The van der Waals surface area contributed by atoms with Crippen LogP contribution in [0.15, 0.2) is 11.0 Å². The maximum absolute atomic E-state index is 11.8. The highest BCUT2D eigenvalue weighted by Gasteiger charge is 2.07. The average Bonchev–Trinajstić information content (AvgIpc) is 2.37. The molecule has 0 saturated carbocycles. The number of nitrogens with one attached hydrogen (secondary N) is 2. The smallest absolute Gasteiger partial charge is 0.287 e. The highest BCUT2D eigenvalue weighted by molar-refractivity contribution is 6.32. The summed E-state index contributed by atoms with van der Waals surface area (Å²) in [6.45, 7) is 7.26. The summed E-state index contributed by atoms with van der Waals surface area (Å²) in [5, 5.41) is 10.7. The Hall–Kier alpha value is -1.07. The van der Waals surface area contributed by atoms with Gasteiger partial charge in [-0.05, 0) is 19.4 Å². The molecule has 0 saturated heterocycles. The van der Waals surface area contributed by atoms with Gasteiger partial charge in [0.2, 0.25) is 0 Å². The molecule has 0 fully saturated rings. The zero-order chi connectivity index (χ0) is 13.4. The van der Waals surface area contributed by atoms with E-state index in [0.29, 0.717) is 12.2 Å². The van der Waals surface area contributed by atoms with E-state index in [1.54, 1.807) is 6.20 Å². The minimum Gasteiger partial charge on any atom is -0.381 e. The predicted molar refractivity (Wildman–Crippen MR) is 75.4 cm³/mol. The third-order valence-electron chi connectivity index (χ3n) is 2.46. The molecule has 0 aliphatic carbocycles. The molecule has 102 valence electrons. The van der Waals surface area contributed by atoms with Crippen molar-refractivity contribution in [1.82, 2.24) is 15.1 Å². The van der Waals surface area contributed by atoms with Gasteiger partial charge in [0.15, 0.2) is 0 Å². The van der Waals surface area contributed by atoms with Crippen LogP contribution in [0, 0.1) is 0 Å². The Balaban J connectivity index is 2.57. The van der Waals surface area contributed by atoms with Crippen LogP contribution in [0.4, 0.5) is 5.69 Å². The van der Waals surface area contributed by atoms with Crippen LogP contribution < -0.4 is 16.2 Å². The molecule has 0 aliphatic rings. The lowest BCUT2D eigenvalue weighted by Gasteiger charge is -2.10. The Kier molecular flexibility index (Phi) is 6.75. The molecule has 5 nitrogen and oxygen atoms in total. The van der Waals surface area contributed by atoms with Crippen molar-refractivity contribution >= 4 is 17.3 Å². The number of aryl methyl sites for hydroxylation is 1. The summed E-state index contributed by atoms with van der Waals surface area (Å²) in [6, 6.07) is 0. The molecule has 0 unspecified atom stereocenters. The third kappa shape index (κ3) is 4.31. The van der Waals surface area contributed by atoms with Crippen molar-refractivity contribution in [3.63, 3.8) is 0 Å². The zero-order valence-electron chi connectivity index (χ0n) is 11.0. The Morgan fingerprint density at radius 3 is 2.72 bits per heavy atom. The number of anilines is 1. The van der Waals surface area contributed by atoms with E-state index < -0.39 is 0 Å². The van der Waals surface area contributed by atoms with Crippen molar-refractivity contribution in [3.05, 3.63) is 21.6 Å². The number of hydrogen-bond donors (Lipinski definition) is 2. The van der Waals surface area contributed by atoms with Gasteiger partial charge in [-0.2, -0.15) is 5.10 Å². The standard InChI is InChI=1S/C12H21ClN4O/c1-3-5-14-6-7-15-10-9-16-17(8-4-2)12(18)11(10)13/h9,14-15H,3-8H2,1-2H3. The Morgan fingerprint density at radius 2 is 2.06 bits per heavy atom. The van der Waals surface area contributed by atoms with Gasteiger partial charge in [-0.1, -0.05) is 25.4 Å². The molecule has 0 aliphatic heterocycles. The van der Waals surface area contributed by atoms with E-state index in [-0.39, 0.29) is 10.6 Å². The number of hydrogen-bond acceptors (Lipinski definition) is 4. The monoisotopic (exact) mass is 272 g/mol. The van der Waals surface area contributed by atoms with Crippen LogP contribution in [-0.2, 0) is 6.54 Å². The Bertz CT molecular complexity index is 419. The number of rotatable bonds is 8. The van der Waals surface area contributed by atoms with Gasteiger partial charge in [0, 0.05) is 19.6 Å². The van der Waals surface area contributed by atoms with Crippen molar-refractivity contribution in [2.24, 2.45) is 0 Å². The molecule has 1 rings (SSSR count). The normalized spacial score (nSPS) is 10.6. The first-order chi connectivity index (χ1) is 8.70. The first-order valence-electron chi connectivity index (χ1n) is 6.40. The second-order valence-electron chi connectivity index (χ2n) is 4.08. The zero-order valence-corrected chi connectivity index (χ0v) is 11.8. The molecule has 0 amide bonds. The molecule has 6 heteroatoms. The fourth-order valence-electron chi connectivity index (χ4n) is 1.55. The first-order valence-corrected chi connectivity index (χ1v) is 6.78. The lowest BCUT2D eigenvalue weighted by atomic mass is 10.4.